The summed E-state index contributed by atoms with van der Waals surface area (Å²) in [4.78, 5) is 15.7. The maximum absolute atomic E-state index is 11.3. The van der Waals surface area contributed by atoms with Crippen LogP contribution in [-0.4, -0.2) is 33.6 Å². The van der Waals surface area contributed by atoms with Crippen molar-refractivity contribution in [3.8, 4) is 0 Å². The van der Waals surface area contributed by atoms with Crippen LogP contribution >= 0.6 is 0 Å². The van der Waals surface area contributed by atoms with Gasteiger partial charge in [0.2, 0.25) is 0 Å². The molecule has 19 heavy (non-hydrogen) atoms. The second-order valence-electron chi connectivity index (χ2n) is 5.13. The van der Waals surface area contributed by atoms with E-state index in [0.717, 1.165) is 37.3 Å². The molecule has 100 valence electrons. The van der Waals surface area contributed by atoms with Crippen LogP contribution in [0.1, 0.15) is 40.6 Å². The summed E-state index contributed by atoms with van der Waals surface area (Å²) in [6.45, 7) is 3.90. The molecule has 0 aliphatic carbocycles. The molecule has 0 bridgehead atoms. The lowest BCUT2D eigenvalue weighted by Gasteiger charge is -2.21. The molecule has 1 atom stereocenters. The Kier molecular flexibility index (Phi) is 2.98. The topological polar surface area (TPSA) is 66.6 Å². The maximum atomic E-state index is 11.3. The largest absolute Gasteiger partial charge is 0.476 e. The zero-order valence-electron chi connectivity index (χ0n) is 10.9. The van der Waals surface area contributed by atoms with Crippen molar-refractivity contribution < 1.29 is 9.90 Å². The van der Waals surface area contributed by atoms with E-state index in [1.807, 2.05) is 29.7 Å². The first kappa shape index (κ1) is 12.2. The Morgan fingerprint density at radius 1 is 1.53 bits per heavy atom. The number of nitrogens with zero attached hydrogens (tertiary/aromatic N) is 2. The summed E-state index contributed by atoms with van der Waals surface area (Å²) >= 11 is 0. The highest BCUT2D eigenvalue weighted by Crippen LogP contribution is 2.25. The average Bonchev–Trinajstić information content (AvgIpc) is 2.78. The molecule has 1 aliphatic heterocycles. The van der Waals surface area contributed by atoms with Crippen molar-refractivity contribution in [1.82, 2.24) is 14.7 Å². The van der Waals surface area contributed by atoms with Crippen molar-refractivity contribution in [2.75, 3.05) is 13.1 Å². The first-order valence-corrected chi connectivity index (χ1v) is 6.59. The Labute approximate surface area is 111 Å². The first-order chi connectivity index (χ1) is 9.16. The standard InChI is InChI=1S/C14H17N3O2/c1-9-4-5-11-12(14(18)19)16-13(17(11)8-9)10-3-2-6-15-7-10/h4-5,8,10,15H,2-3,6-7H2,1H3,(H,18,19). The highest BCUT2D eigenvalue weighted by molar-refractivity contribution is 5.93. The average molecular weight is 259 g/mol. The van der Waals surface area contributed by atoms with Crippen molar-refractivity contribution in [1.29, 1.82) is 0 Å². The molecule has 0 saturated carbocycles. The number of carbonyl (C=O) groups is 1. The minimum atomic E-state index is -0.962. The van der Waals surface area contributed by atoms with Crippen LogP contribution in [0, 0.1) is 6.92 Å². The first-order valence-electron chi connectivity index (χ1n) is 6.59. The van der Waals surface area contributed by atoms with Crippen LogP contribution in [0.25, 0.3) is 5.52 Å². The summed E-state index contributed by atoms with van der Waals surface area (Å²) in [5.74, 6) is 0.191. The van der Waals surface area contributed by atoms with Gasteiger partial charge in [-0.15, -0.1) is 0 Å². The highest BCUT2D eigenvalue weighted by atomic mass is 16.4. The third kappa shape index (κ3) is 2.10. The third-order valence-electron chi connectivity index (χ3n) is 3.68. The molecule has 1 unspecified atom stereocenters. The van der Waals surface area contributed by atoms with Crippen LogP contribution < -0.4 is 5.32 Å². The van der Waals surface area contributed by atoms with Gasteiger partial charge in [-0.05, 0) is 37.9 Å². The summed E-state index contributed by atoms with van der Waals surface area (Å²) in [6, 6.07) is 3.76. The zero-order chi connectivity index (χ0) is 13.4. The van der Waals surface area contributed by atoms with Crippen LogP contribution in [0.4, 0.5) is 0 Å². The van der Waals surface area contributed by atoms with Crippen molar-refractivity contribution in [3.05, 3.63) is 35.4 Å². The van der Waals surface area contributed by atoms with Gasteiger partial charge < -0.3 is 14.8 Å². The van der Waals surface area contributed by atoms with Gasteiger partial charge in [-0.3, -0.25) is 0 Å². The van der Waals surface area contributed by atoms with E-state index in [1.54, 1.807) is 0 Å². The van der Waals surface area contributed by atoms with E-state index in [-0.39, 0.29) is 11.6 Å². The summed E-state index contributed by atoms with van der Waals surface area (Å²) in [5, 5.41) is 12.6. The third-order valence-corrected chi connectivity index (χ3v) is 3.68. The molecule has 5 nitrogen and oxygen atoms in total. The number of hydrogen-bond acceptors (Lipinski definition) is 3. The molecule has 2 N–H and O–H groups in total. The van der Waals surface area contributed by atoms with E-state index >= 15 is 0 Å². The van der Waals surface area contributed by atoms with Crippen LogP contribution in [-0.2, 0) is 0 Å². The Morgan fingerprint density at radius 3 is 3.05 bits per heavy atom. The molecule has 3 rings (SSSR count). The van der Waals surface area contributed by atoms with Crippen LogP contribution in [0.15, 0.2) is 18.3 Å². The van der Waals surface area contributed by atoms with Crippen LogP contribution in [0.5, 0.6) is 0 Å². The molecule has 1 fully saturated rings. The van der Waals surface area contributed by atoms with Gasteiger partial charge in [-0.2, -0.15) is 0 Å². The maximum Gasteiger partial charge on any atom is 0.356 e. The number of rotatable bonds is 2. The van der Waals surface area contributed by atoms with E-state index in [4.69, 9.17) is 0 Å². The van der Waals surface area contributed by atoms with Crippen molar-refractivity contribution in [2.45, 2.75) is 25.7 Å². The number of aromatic carboxylic acids is 1. The lowest BCUT2D eigenvalue weighted by molar-refractivity contribution is 0.0693. The summed E-state index contributed by atoms with van der Waals surface area (Å²) in [6.07, 6.45) is 4.13. The van der Waals surface area contributed by atoms with E-state index in [9.17, 15) is 9.90 Å². The highest BCUT2D eigenvalue weighted by Gasteiger charge is 2.24. The molecule has 3 heterocycles. The molecular weight excluding hydrogens is 242 g/mol. The number of aromatic nitrogens is 2. The molecule has 1 saturated heterocycles. The number of pyridine rings is 1. The number of fused-ring (bicyclic) bond motifs is 1. The number of piperidine rings is 1. The number of nitrogens with one attached hydrogen (secondary N) is 1. The van der Waals surface area contributed by atoms with E-state index in [0.29, 0.717) is 5.52 Å². The molecular formula is C14H17N3O2. The van der Waals surface area contributed by atoms with Crippen LogP contribution in [0.2, 0.25) is 0 Å². The number of carboxylic acids is 1. The van der Waals surface area contributed by atoms with Gasteiger partial charge in [-0.1, -0.05) is 6.07 Å². The second kappa shape index (κ2) is 4.66. The SMILES string of the molecule is Cc1ccc2c(C(=O)O)nc(C3CCCNC3)n2c1. The minimum absolute atomic E-state index is 0.153. The fraction of sp³-hybridized carbons (Fsp3) is 0.429. The monoisotopic (exact) mass is 259 g/mol. The second-order valence-corrected chi connectivity index (χ2v) is 5.13. The molecule has 0 radical (unpaired) electrons. The van der Waals surface area contributed by atoms with Crippen molar-refractivity contribution in [2.24, 2.45) is 0 Å². The normalized spacial score (nSPS) is 19.7. The van der Waals surface area contributed by atoms with E-state index in [1.165, 1.54) is 0 Å². The smallest absolute Gasteiger partial charge is 0.356 e. The predicted molar refractivity (Wildman–Crippen MR) is 71.7 cm³/mol. The van der Waals surface area contributed by atoms with E-state index < -0.39 is 5.97 Å². The van der Waals surface area contributed by atoms with Gasteiger partial charge in [0, 0.05) is 18.7 Å². The summed E-state index contributed by atoms with van der Waals surface area (Å²) in [5.41, 5.74) is 1.94. The van der Waals surface area contributed by atoms with Gasteiger partial charge >= 0.3 is 5.97 Å². The summed E-state index contributed by atoms with van der Waals surface area (Å²) in [7, 11) is 0. The number of imidazole rings is 1. The van der Waals surface area contributed by atoms with Gasteiger partial charge in [0.1, 0.15) is 5.82 Å². The number of carboxylic acid groups (broad SMARTS) is 1. The van der Waals surface area contributed by atoms with Crippen molar-refractivity contribution in [3.63, 3.8) is 0 Å². The fourth-order valence-corrected chi connectivity index (χ4v) is 2.73. The molecule has 0 amide bonds. The van der Waals surface area contributed by atoms with Crippen molar-refractivity contribution >= 4 is 11.5 Å². The van der Waals surface area contributed by atoms with Gasteiger partial charge in [-0.25, -0.2) is 9.78 Å². The fourth-order valence-electron chi connectivity index (χ4n) is 2.73. The minimum Gasteiger partial charge on any atom is -0.476 e. The number of aryl methyl sites for hydroxylation is 1. The Bertz CT molecular complexity index is 627. The lowest BCUT2D eigenvalue weighted by atomic mass is 9.99. The van der Waals surface area contributed by atoms with Gasteiger partial charge in [0.25, 0.3) is 0 Å². The zero-order valence-corrected chi connectivity index (χ0v) is 10.9. The molecule has 0 aromatic carbocycles. The van der Waals surface area contributed by atoms with Gasteiger partial charge in [0.05, 0.1) is 5.52 Å². The molecule has 1 aliphatic rings. The number of hydrogen-bond donors (Lipinski definition) is 2. The van der Waals surface area contributed by atoms with Gasteiger partial charge in [0.15, 0.2) is 5.69 Å². The Balaban J connectivity index is 2.17. The Hall–Kier alpha value is -1.88. The lowest BCUT2D eigenvalue weighted by Crippen LogP contribution is -2.29. The molecule has 2 aromatic heterocycles. The molecule has 2 aromatic rings. The Morgan fingerprint density at radius 2 is 2.37 bits per heavy atom. The summed E-state index contributed by atoms with van der Waals surface area (Å²) < 4.78 is 1.94. The molecule has 5 heteroatoms. The molecule has 0 spiro atoms. The van der Waals surface area contributed by atoms with Crippen LogP contribution in [0.3, 0.4) is 0 Å². The quantitative estimate of drug-likeness (QED) is 0.863. The van der Waals surface area contributed by atoms with E-state index in [2.05, 4.69) is 10.3 Å². The predicted octanol–water partition coefficient (Wildman–Crippen LogP) is 1.81.